The highest BCUT2D eigenvalue weighted by atomic mass is 28.4. The molecule has 2 aliphatic rings. The number of carbonyl (C=O) groups excluding carboxylic acids is 1. The molecule has 1 heterocycles. The Labute approximate surface area is 178 Å². The van der Waals surface area contributed by atoms with Crippen molar-refractivity contribution < 1.29 is 23.4 Å². The molecule has 1 amide bonds. The van der Waals surface area contributed by atoms with Crippen LogP contribution in [0.1, 0.15) is 54.4 Å². The number of ether oxygens (including phenoxy) is 3. The molecule has 1 saturated heterocycles. The number of piperidine rings is 1. The molecule has 1 aliphatic carbocycles. The largest absolute Gasteiger partial charge is 0.444 e. The number of amides is 1. The molecule has 0 aromatic rings. The molecule has 4 atom stereocenters. The fraction of sp³-hybridized carbons (Fsp3) is 0.955. The van der Waals surface area contributed by atoms with Crippen LogP contribution in [0.15, 0.2) is 0 Å². The van der Waals surface area contributed by atoms with Gasteiger partial charge >= 0.3 is 6.09 Å². The third-order valence-electron chi connectivity index (χ3n) is 6.85. The Morgan fingerprint density at radius 1 is 1.14 bits per heavy atom. The molecule has 7 heteroatoms. The van der Waals surface area contributed by atoms with Gasteiger partial charge in [0, 0.05) is 32.7 Å². The summed E-state index contributed by atoms with van der Waals surface area (Å²) in [4.78, 5) is 14.4. The second-order valence-electron chi connectivity index (χ2n) is 11.2. The molecule has 2 fully saturated rings. The van der Waals surface area contributed by atoms with E-state index in [1.165, 1.54) is 0 Å². The Morgan fingerprint density at radius 2 is 1.79 bits per heavy atom. The highest BCUT2D eigenvalue weighted by Gasteiger charge is 2.48. The minimum atomic E-state index is -1.82. The normalized spacial score (nSPS) is 28.4. The first kappa shape index (κ1) is 24.6. The standard InChI is InChI=1S/C22H43NO5Si/c1-21(2,3)28-20(24)23-11-10-17-16(13-23)12-19(26-15-25-7)18(17)14-27-29(8,9)22(4,5)6/h16-19H,10-15H2,1-9H3. The molecule has 1 saturated carbocycles. The Balaban J connectivity index is 2.05. The van der Waals surface area contributed by atoms with Crippen LogP contribution in [0.2, 0.25) is 18.1 Å². The van der Waals surface area contributed by atoms with Crippen LogP contribution in [-0.2, 0) is 18.6 Å². The quantitative estimate of drug-likeness (QED) is 0.444. The summed E-state index contributed by atoms with van der Waals surface area (Å²) in [6.45, 7) is 19.7. The van der Waals surface area contributed by atoms with E-state index in [0.717, 1.165) is 32.5 Å². The predicted molar refractivity (Wildman–Crippen MR) is 117 cm³/mol. The number of hydrogen-bond donors (Lipinski definition) is 0. The van der Waals surface area contributed by atoms with E-state index >= 15 is 0 Å². The van der Waals surface area contributed by atoms with Crippen LogP contribution >= 0.6 is 0 Å². The van der Waals surface area contributed by atoms with Crippen LogP contribution in [0.25, 0.3) is 0 Å². The number of fused-ring (bicyclic) bond motifs is 1. The molecular formula is C22H43NO5Si. The minimum absolute atomic E-state index is 0.119. The summed E-state index contributed by atoms with van der Waals surface area (Å²) in [6.07, 6.45) is 1.83. The minimum Gasteiger partial charge on any atom is -0.444 e. The van der Waals surface area contributed by atoms with Crippen LogP contribution in [0, 0.1) is 17.8 Å². The van der Waals surface area contributed by atoms with Gasteiger partial charge in [-0.25, -0.2) is 4.79 Å². The number of hydrogen-bond acceptors (Lipinski definition) is 5. The van der Waals surface area contributed by atoms with Gasteiger partial charge in [0.05, 0.1) is 6.10 Å². The lowest BCUT2D eigenvalue weighted by atomic mass is 9.83. The van der Waals surface area contributed by atoms with Gasteiger partial charge in [-0.3, -0.25) is 0 Å². The third-order valence-corrected chi connectivity index (χ3v) is 11.4. The topological polar surface area (TPSA) is 57.2 Å². The maximum atomic E-state index is 12.5. The van der Waals surface area contributed by atoms with Crippen molar-refractivity contribution in [3.63, 3.8) is 0 Å². The second-order valence-corrected chi connectivity index (χ2v) is 16.0. The first-order valence-electron chi connectivity index (χ1n) is 11.0. The lowest BCUT2D eigenvalue weighted by molar-refractivity contribution is -0.0921. The van der Waals surface area contributed by atoms with E-state index in [1.54, 1.807) is 7.11 Å². The third kappa shape index (κ3) is 6.42. The molecular weight excluding hydrogens is 386 g/mol. The van der Waals surface area contributed by atoms with E-state index in [-0.39, 0.29) is 17.2 Å². The lowest BCUT2D eigenvalue weighted by Crippen LogP contribution is -2.47. The van der Waals surface area contributed by atoms with E-state index in [2.05, 4.69) is 33.9 Å². The average Bonchev–Trinajstić information content (AvgIpc) is 2.92. The lowest BCUT2D eigenvalue weighted by Gasteiger charge is -2.40. The van der Waals surface area contributed by atoms with Gasteiger partial charge in [0.15, 0.2) is 8.32 Å². The van der Waals surface area contributed by atoms with Gasteiger partial charge in [-0.2, -0.15) is 0 Å². The molecule has 6 nitrogen and oxygen atoms in total. The molecule has 0 bridgehead atoms. The Bertz CT molecular complexity index is 554. The van der Waals surface area contributed by atoms with E-state index in [4.69, 9.17) is 18.6 Å². The summed E-state index contributed by atoms with van der Waals surface area (Å²) < 4.78 is 23.4. The molecule has 4 unspecified atom stereocenters. The van der Waals surface area contributed by atoms with E-state index in [9.17, 15) is 4.79 Å². The van der Waals surface area contributed by atoms with Crippen molar-refractivity contribution in [2.24, 2.45) is 17.8 Å². The highest BCUT2D eigenvalue weighted by molar-refractivity contribution is 6.74. The zero-order valence-electron chi connectivity index (χ0n) is 20.0. The molecule has 170 valence electrons. The Kier molecular flexibility index (Phi) is 7.85. The smallest absolute Gasteiger partial charge is 0.410 e. The first-order chi connectivity index (χ1) is 13.2. The number of nitrogens with zero attached hydrogens (tertiary/aromatic N) is 1. The molecule has 0 aromatic heterocycles. The summed E-state index contributed by atoms with van der Waals surface area (Å²) in [5, 5.41) is 0.188. The number of methoxy groups -OCH3 is 1. The van der Waals surface area contributed by atoms with Crippen molar-refractivity contribution in [2.45, 2.75) is 84.2 Å². The molecule has 29 heavy (non-hydrogen) atoms. The summed E-state index contributed by atoms with van der Waals surface area (Å²) in [6, 6.07) is 0. The summed E-state index contributed by atoms with van der Waals surface area (Å²) in [5.41, 5.74) is -0.465. The number of carbonyl (C=O) groups is 1. The zero-order chi connectivity index (χ0) is 22.0. The molecule has 0 radical (unpaired) electrons. The van der Waals surface area contributed by atoms with Gasteiger partial charge in [0.2, 0.25) is 0 Å². The number of likely N-dealkylation sites (tertiary alicyclic amines) is 1. The van der Waals surface area contributed by atoms with Gasteiger partial charge in [-0.15, -0.1) is 0 Å². The average molecular weight is 430 g/mol. The fourth-order valence-electron chi connectivity index (χ4n) is 4.20. The van der Waals surface area contributed by atoms with Crippen LogP contribution in [-0.4, -0.2) is 64.6 Å². The highest BCUT2D eigenvalue weighted by Crippen LogP contribution is 2.45. The van der Waals surface area contributed by atoms with E-state index in [0.29, 0.717) is 24.5 Å². The molecule has 0 N–H and O–H groups in total. The molecule has 2 rings (SSSR count). The van der Waals surface area contributed by atoms with E-state index < -0.39 is 13.9 Å². The molecule has 0 aromatic carbocycles. The zero-order valence-corrected chi connectivity index (χ0v) is 21.0. The van der Waals surface area contributed by atoms with E-state index in [1.807, 2.05) is 25.7 Å². The SMILES string of the molecule is COCOC1CC2CN(C(=O)OC(C)(C)C)CCC2C1CO[Si](C)(C)C(C)(C)C. The summed E-state index contributed by atoms with van der Waals surface area (Å²) in [5.74, 6) is 1.29. The van der Waals surface area contributed by atoms with Crippen molar-refractivity contribution in [3.05, 3.63) is 0 Å². The maximum Gasteiger partial charge on any atom is 0.410 e. The summed E-state index contributed by atoms with van der Waals surface area (Å²) in [7, 11) is -0.159. The first-order valence-corrected chi connectivity index (χ1v) is 13.9. The molecule has 1 aliphatic heterocycles. The Morgan fingerprint density at radius 3 is 2.34 bits per heavy atom. The van der Waals surface area contributed by atoms with Gasteiger partial charge in [0.25, 0.3) is 0 Å². The van der Waals surface area contributed by atoms with Crippen LogP contribution in [0.3, 0.4) is 0 Å². The monoisotopic (exact) mass is 429 g/mol. The second kappa shape index (κ2) is 9.24. The number of rotatable bonds is 6. The predicted octanol–water partition coefficient (Wildman–Crippen LogP) is 4.89. The van der Waals surface area contributed by atoms with Gasteiger partial charge < -0.3 is 23.5 Å². The molecule has 0 spiro atoms. The summed E-state index contributed by atoms with van der Waals surface area (Å²) >= 11 is 0. The fourth-order valence-corrected chi connectivity index (χ4v) is 5.25. The van der Waals surface area contributed by atoms with Gasteiger partial charge in [-0.1, -0.05) is 20.8 Å². The Hall–Kier alpha value is -0.633. The van der Waals surface area contributed by atoms with Crippen molar-refractivity contribution in [1.82, 2.24) is 4.90 Å². The van der Waals surface area contributed by atoms with Crippen LogP contribution < -0.4 is 0 Å². The van der Waals surface area contributed by atoms with Crippen molar-refractivity contribution in [2.75, 3.05) is 33.6 Å². The van der Waals surface area contributed by atoms with Crippen LogP contribution in [0.5, 0.6) is 0 Å². The van der Waals surface area contributed by atoms with Crippen molar-refractivity contribution in [1.29, 1.82) is 0 Å². The van der Waals surface area contributed by atoms with Crippen molar-refractivity contribution >= 4 is 14.4 Å². The van der Waals surface area contributed by atoms with Crippen LogP contribution in [0.4, 0.5) is 4.79 Å². The maximum absolute atomic E-state index is 12.5. The van der Waals surface area contributed by atoms with Gasteiger partial charge in [-0.05, 0) is 63.6 Å². The van der Waals surface area contributed by atoms with Gasteiger partial charge in [0.1, 0.15) is 12.4 Å². The van der Waals surface area contributed by atoms with Crippen molar-refractivity contribution in [3.8, 4) is 0 Å².